The molecule has 0 amide bonds. The molecule has 0 N–H and O–H groups in total. The average Bonchev–Trinajstić information content (AvgIpc) is 2.41. The molecule has 0 aliphatic rings. The third-order valence-corrected chi connectivity index (χ3v) is 3.79. The van der Waals surface area contributed by atoms with Gasteiger partial charge in [-0.2, -0.15) is 0 Å². The van der Waals surface area contributed by atoms with Crippen LogP contribution in [-0.2, 0) is 0 Å². The molecule has 0 atom stereocenters. The Labute approximate surface area is 114 Å². The normalized spacial score (nSPS) is 10.9. The highest BCUT2D eigenvalue weighted by Gasteiger charge is 2.09. The lowest BCUT2D eigenvalue weighted by Crippen LogP contribution is -1.89. The summed E-state index contributed by atoms with van der Waals surface area (Å²) in [6.45, 7) is 6.52. The summed E-state index contributed by atoms with van der Waals surface area (Å²) in [7, 11) is 0. The molecule has 0 spiro atoms. The van der Waals surface area contributed by atoms with Gasteiger partial charge in [-0.3, -0.25) is 0 Å². The molecule has 3 aromatic carbocycles. The van der Waals surface area contributed by atoms with Gasteiger partial charge in [-0.15, -0.1) is 0 Å². The summed E-state index contributed by atoms with van der Waals surface area (Å²) in [5, 5.41) is 2.70. The number of hydrogen-bond acceptors (Lipinski definition) is 0. The van der Waals surface area contributed by atoms with E-state index in [-0.39, 0.29) is 0 Å². The maximum atomic E-state index is 2.29. The van der Waals surface area contributed by atoms with Gasteiger partial charge < -0.3 is 0 Å². The third kappa shape index (κ3) is 2.04. The third-order valence-electron chi connectivity index (χ3n) is 3.79. The quantitative estimate of drug-likeness (QED) is 0.537. The van der Waals surface area contributed by atoms with Crippen molar-refractivity contribution in [3.05, 3.63) is 71.3 Å². The smallest absolute Gasteiger partial charge is 0.00759 e. The Morgan fingerprint density at radius 1 is 0.632 bits per heavy atom. The fraction of sp³-hybridized carbons (Fsp3) is 0.158. The number of hydrogen-bond donors (Lipinski definition) is 0. The summed E-state index contributed by atoms with van der Waals surface area (Å²) >= 11 is 0. The first-order valence-corrected chi connectivity index (χ1v) is 6.73. The van der Waals surface area contributed by atoms with Crippen LogP contribution in [0.15, 0.2) is 54.6 Å². The highest BCUT2D eigenvalue weighted by Crippen LogP contribution is 2.33. The molecule has 0 aromatic heterocycles. The summed E-state index contributed by atoms with van der Waals surface area (Å²) in [6, 6.07) is 19.8. The summed E-state index contributed by atoms with van der Waals surface area (Å²) in [5.41, 5.74) is 6.67. The molecular weight excluding hydrogens is 228 g/mol. The molecule has 3 rings (SSSR count). The molecule has 0 bridgehead atoms. The van der Waals surface area contributed by atoms with Gasteiger partial charge in [0, 0.05) is 0 Å². The van der Waals surface area contributed by atoms with E-state index in [1.54, 1.807) is 0 Å². The monoisotopic (exact) mass is 246 g/mol. The van der Waals surface area contributed by atoms with Gasteiger partial charge in [0.25, 0.3) is 0 Å². The second kappa shape index (κ2) is 4.55. The summed E-state index contributed by atoms with van der Waals surface area (Å²) in [4.78, 5) is 0. The van der Waals surface area contributed by atoms with Crippen LogP contribution in [0.25, 0.3) is 21.9 Å². The van der Waals surface area contributed by atoms with E-state index in [2.05, 4.69) is 75.4 Å². The van der Waals surface area contributed by atoms with Crippen molar-refractivity contribution in [3.63, 3.8) is 0 Å². The minimum Gasteiger partial charge on any atom is -0.0616 e. The molecule has 0 heteroatoms. The minimum atomic E-state index is 1.30. The van der Waals surface area contributed by atoms with Crippen LogP contribution in [0.1, 0.15) is 16.7 Å². The zero-order chi connectivity index (χ0) is 13.4. The predicted octanol–water partition coefficient (Wildman–Crippen LogP) is 5.43. The maximum absolute atomic E-state index is 2.29. The molecule has 0 fully saturated rings. The molecular formula is C19H18. The van der Waals surface area contributed by atoms with E-state index in [4.69, 9.17) is 0 Å². The van der Waals surface area contributed by atoms with E-state index >= 15 is 0 Å². The van der Waals surface area contributed by atoms with Crippen molar-refractivity contribution < 1.29 is 0 Å². The Bertz CT molecular complexity index is 734. The maximum Gasteiger partial charge on any atom is -0.00759 e. The number of rotatable bonds is 1. The number of aryl methyl sites for hydroxylation is 3. The van der Waals surface area contributed by atoms with E-state index in [0.717, 1.165) is 0 Å². The van der Waals surface area contributed by atoms with Crippen molar-refractivity contribution in [2.24, 2.45) is 0 Å². The molecule has 0 unspecified atom stereocenters. The molecule has 0 radical (unpaired) electrons. The highest BCUT2D eigenvalue weighted by molar-refractivity contribution is 6.00. The first-order valence-electron chi connectivity index (χ1n) is 6.73. The van der Waals surface area contributed by atoms with Crippen LogP contribution in [0.3, 0.4) is 0 Å². The Balaban J connectivity index is 2.37. The van der Waals surface area contributed by atoms with Gasteiger partial charge in [0.1, 0.15) is 0 Å². The lowest BCUT2D eigenvalue weighted by molar-refractivity contribution is 1.41. The second-order valence-corrected chi connectivity index (χ2v) is 5.30. The highest BCUT2D eigenvalue weighted by atomic mass is 14.1. The molecule has 0 nitrogen and oxygen atoms in total. The minimum absolute atomic E-state index is 1.30. The van der Waals surface area contributed by atoms with Crippen LogP contribution in [0.4, 0.5) is 0 Å². The summed E-state index contributed by atoms with van der Waals surface area (Å²) in [6.07, 6.45) is 0. The van der Waals surface area contributed by atoms with Gasteiger partial charge in [-0.25, -0.2) is 0 Å². The largest absolute Gasteiger partial charge is 0.0616 e. The van der Waals surface area contributed by atoms with E-state index in [9.17, 15) is 0 Å². The van der Waals surface area contributed by atoms with Crippen LogP contribution in [0.2, 0.25) is 0 Å². The molecule has 0 aliphatic carbocycles. The standard InChI is InChI=1S/C19H18/c1-13-8-10-16(11-9-13)19-15(3)12-14(2)17-6-4-5-7-18(17)19/h4-12H,1-3H3. The first-order chi connectivity index (χ1) is 9.16. The van der Waals surface area contributed by atoms with E-state index in [1.165, 1.54) is 38.6 Å². The Hall–Kier alpha value is -2.08. The first kappa shape index (κ1) is 12.0. The van der Waals surface area contributed by atoms with Crippen LogP contribution >= 0.6 is 0 Å². The van der Waals surface area contributed by atoms with Gasteiger partial charge in [-0.1, -0.05) is 60.2 Å². The van der Waals surface area contributed by atoms with E-state index < -0.39 is 0 Å². The number of fused-ring (bicyclic) bond motifs is 1. The average molecular weight is 246 g/mol. The Morgan fingerprint density at radius 3 is 1.95 bits per heavy atom. The lowest BCUT2D eigenvalue weighted by atomic mass is 9.91. The molecule has 19 heavy (non-hydrogen) atoms. The molecule has 0 aliphatic heterocycles. The van der Waals surface area contributed by atoms with Gasteiger partial charge in [0.15, 0.2) is 0 Å². The topological polar surface area (TPSA) is 0 Å². The molecule has 0 saturated carbocycles. The fourth-order valence-corrected chi connectivity index (χ4v) is 2.84. The fourth-order valence-electron chi connectivity index (χ4n) is 2.84. The van der Waals surface area contributed by atoms with Gasteiger partial charge in [-0.05, 0) is 53.8 Å². The molecule has 0 saturated heterocycles. The Morgan fingerprint density at radius 2 is 1.26 bits per heavy atom. The zero-order valence-electron chi connectivity index (χ0n) is 11.7. The summed E-state index contributed by atoms with van der Waals surface area (Å²) in [5.74, 6) is 0. The molecule has 0 heterocycles. The second-order valence-electron chi connectivity index (χ2n) is 5.30. The molecule has 3 aromatic rings. The van der Waals surface area contributed by atoms with Crippen LogP contribution in [-0.4, -0.2) is 0 Å². The van der Waals surface area contributed by atoms with Crippen LogP contribution in [0.5, 0.6) is 0 Å². The Kier molecular flexibility index (Phi) is 2.87. The van der Waals surface area contributed by atoms with Crippen LogP contribution in [0, 0.1) is 20.8 Å². The summed E-state index contributed by atoms with van der Waals surface area (Å²) < 4.78 is 0. The van der Waals surface area contributed by atoms with Crippen molar-refractivity contribution >= 4 is 10.8 Å². The number of benzene rings is 3. The van der Waals surface area contributed by atoms with Crippen molar-refractivity contribution in [1.29, 1.82) is 0 Å². The predicted molar refractivity (Wildman–Crippen MR) is 83.6 cm³/mol. The van der Waals surface area contributed by atoms with Crippen molar-refractivity contribution in [3.8, 4) is 11.1 Å². The molecule has 94 valence electrons. The van der Waals surface area contributed by atoms with Crippen molar-refractivity contribution in [1.82, 2.24) is 0 Å². The zero-order valence-corrected chi connectivity index (χ0v) is 11.7. The lowest BCUT2D eigenvalue weighted by Gasteiger charge is -2.13. The van der Waals surface area contributed by atoms with E-state index in [0.29, 0.717) is 0 Å². The van der Waals surface area contributed by atoms with Crippen molar-refractivity contribution in [2.75, 3.05) is 0 Å². The van der Waals surface area contributed by atoms with Crippen molar-refractivity contribution in [2.45, 2.75) is 20.8 Å². The van der Waals surface area contributed by atoms with E-state index in [1.807, 2.05) is 0 Å². The van der Waals surface area contributed by atoms with Gasteiger partial charge in [0.05, 0.1) is 0 Å². The SMILES string of the molecule is Cc1ccc(-c2c(C)cc(C)c3ccccc23)cc1. The van der Waals surface area contributed by atoms with Crippen LogP contribution < -0.4 is 0 Å². The van der Waals surface area contributed by atoms with Gasteiger partial charge in [0.2, 0.25) is 0 Å². The van der Waals surface area contributed by atoms with Gasteiger partial charge >= 0.3 is 0 Å².